The third-order valence-electron chi connectivity index (χ3n) is 4.32. The summed E-state index contributed by atoms with van der Waals surface area (Å²) in [6, 6.07) is 6.29. The standard InChI is InChI=1S/C16H22N2O/c19-16-9-6-13-10-14(7-8-15(13)18-16)17-11-12-4-2-1-3-5-12/h7-8,10,12,17H,1-6,9,11H2,(H,18,19). The minimum atomic E-state index is 0.135. The van der Waals surface area contributed by atoms with Crippen LogP contribution < -0.4 is 10.6 Å². The van der Waals surface area contributed by atoms with E-state index in [0.717, 1.165) is 24.6 Å². The highest BCUT2D eigenvalue weighted by Gasteiger charge is 2.16. The molecule has 19 heavy (non-hydrogen) atoms. The van der Waals surface area contributed by atoms with Gasteiger partial charge in [-0.05, 0) is 48.9 Å². The Morgan fingerprint density at radius 1 is 1.16 bits per heavy atom. The molecule has 1 aliphatic heterocycles. The summed E-state index contributed by atoms with van der Waals surface area (Å²) in [6.07, 6.45) is 8.40. The zero-order chi connectivity index (χ0) is 13.1. The van der Waals surface area contributed by atoms with Gasteiger partial charge in [-0.15, -0.1) is 0 Å². The summed E-state index contributed by atoms with van der Waals surface area (Å²) >= 11 is 0. The van der Waals surface area contributed by atoms with Crippen molar-refractivity contribution in [1.82, 2.24) is 0 Å². The molecule has 0 radical (unpaired) electrons. The molecule has 0 saturated heterocycles. The van der Waals surface area contributed by atoms with Gasteiger partial charge >= 0.3 is 0 Å². The number of rotatable bonds is 3. The number of anilines is 2. The molecule has 3 heteroatoms. The van der Waals surface area contributed by atoms with Gasteiger partial charge in [0.2, 0.25) is 5.91 Å². The SMILES string of the molecule is O=C1CCc2cc(NCC3CCCCC3)ccc2N1. The van der Waals surface area contributed by atoms with E-state index in [2.05, 4.69) is 22.8 Å². The van der Waals surface area contributed by atoms with Crippen LogP contribution in [0.2, 0.25) is 0 Å². The molecule has 0 bridgehead atoms. The first-order chi connectivity index (χ1) is 9.31. The average Bonchev–Trinajstić information content (AvgIpc) is 2.46. The number of fused-ring (bicyclic) bond motifs is 1. The summed E-state index contributed by atoms with van der Waals surface area (Å²) in [6.45, 7) is 1.09. The lowest BCUT2D eigenvalue weighted by Gasteiger charge is -2.23. The van der Waals surface area contributed by atoms with Crippen LogP contribution in [0.4, 0.5) is 11.4 Å². The number of carbonyl (C=O) groups excluding carboxylic acids is 1. The molecule has 1 saturated carbocycles. The summed E-state index contributed by atoms with van der Waals surface area (Å²) in [5.74, 6) is 0.972. The van der Waals surface area contributed by atoms with Gasteiger partial charge < -0.3 is 10.6 Å². The van der Waals surface area contributed by atoms with Crippen molar-refractivity contribution in [1.29, 1.82) is 0 Å². The van der Waals surface area contributed by atoms with E-state index < -0.39 is 0 Å². The molecule has 0 aromatic heterocycles. The second-order valence-corrected chi connectivity index (χ2v) is 5.81. The predicted molar refractivity (Wildman–Crippen MR) is 78.5 cm³/mol. The fourth-order valence-corrected chi connectivity index (χ4v) is 3.15. The first kappa shape index (κ1) is 12.5. The fourth-order valence-electron chi connectivity index (χ4n) is 3.15. The van der Waals surface area contributed by atoms with Gasteiger partial charge in [0.25, 0.3) is 0 Å². The van der Waals surface area contributed by atoms with Crippen molar-refractivity contribution in [2.45, 2.75) is 44.9 Å². The van der Waals surface area contributed by atoms with Crippen LogP contribution in [0.3, 0.4) is 0 Å². The highest BCUT2D eigenvalue weighted by molar-refractivity contribution is 5.94. The molecule has 1 aliphatic carbocycles. The van der Waals surface area contributed by atoms with Crippen LogP contribution in [-0.2, 0) is 11.2 Å². The molecular weight excluding hydrogens is 236 g/mol. The maximum atomic E-state index is 11.3. The average molecular weight is 258 g/mol. The highest BCUT2D eigenvalue weighted by atomic mass is 16.1. The van der Waals surface area contributed by atoms with E-state index in [4.69, 9.17) is 0 Å². The van der Waals surface area contributed by atoms with Crippen LogP contribution in [0.25, 0.3) is 0 Å². The van der Waals surface area contributed by atoms with Gasteiger partial charge in [-0.3, -0.25) is 4.79 Å². The van der Waals surface area contributed by atoms with Crippen LogP contribution in [0.15, 0.2) is 18.2 Å². The van der Waals surface area contributed by atoms with E-state index in [1.54, 1.807) is 0 Å². The van der Waals surface area contributed by atoms with E-state index in [9.17, 15) is 4.79 Å². The zero-order valence-corrected chi connectivity index (χ0v) is 11.4. The van der Waals surface area contributed by atoms with E-state index in [1.807, 2.05) is 6.07 Å². The zero-order valence-electron chi connectivity index (χ0n) is 11.4. The third-order valence-corrected chi connectivity index (χ3v) is 4.32. The van der Waals surface area contributed by atoms with Crippen molar-refractivity contribution in [2.24, 2.45) is 5.92 Å². The van der Waals surface area contributed by atoms with Gasteiger partial charge in [0.15, 0.2) is 0 Å². The molecule has 2 N–H and O–H groups in total. The number of nitrogens with one attached hydrogen (secondary N) is 2. The molecule has 3 nitrogen and oxygen atoms in total. The van der Waals surface area contributed by atoms with Crippen molar-refractivity contribution >= 4 is 17.3 Å². The molecular formula is C16H22N2O. The normalized spacial score (nSPS) is 19.7. The van der Waals surface area contributed by atoms with Gasteiger partial charge in [0.05, 0.1) is 0 Å². The van der Waals surface area contributed by atoms with Gasteiger partial charge in [-0.2, -0.15) is 0 Å². The molecule has 1 amide bonds. The van der Waals surface area contributed by atoms with Crippen LogP contribution in [0, 0.1) is 5.92 Å². The van der Waals surface area contributed by atoms with Crippen LogP contribution >= 0.6 is 0 Å². The first-order valence-corrected chi connectivity index (χ1v) is 7.48. The van der Waals surface area contributed by atoms with Crippen molar-refractivity contribution in [3.63, 3.8) is 0 Å². The van der Waals surface area contributed by atoms with Crippen molar-refractivity contribution in [3.8, 4) is 0 Å². The lowest BCUT2D eigenvalue weighted by atomic mass is 9.89. The van der Waals surface area contributed by atoms with Crippen LogP contribution in [0.1, 0.15) is 44.1 Å². The molecule has 3 rings (SSSR count). The number of aryl methyl sites for hydroxylation is 1. The Morgan fingerprint density at radius 2 is 2.00 bits per heavy atom. The lowest BCUT2D eigenvalue weighted by molar-refractivity contribution is -0.116. The Labute approximate surface area is 114 Å². The summed E-state index contributed by atoms with van der Waals surface area (Å²) in [5, 5.41) is 6.49. The molecule has 1 aromatic carbocycles. The Hall–Kier alpha value is -1.51. The second-order valence-electron chi connectivity index (χ2n) is 5.81. The Bertz CT molecular complexity index is 464. The van der Waals surface area contributed by atoms with Gasteiger partial charge in [0.1, 0.15) is 0 Å². The van der Waals surface area contributed by atoms with Crippen LogP contribution in [-0.4, -0.2) is 12.5 Å². The van der Waals surface area contributed by atoms with E-state index >= 15 is 0 Å². The quantitative estimate of drug-likeness (QED) is 0.870. The molecule has 1 fully saturated rings. The van der Waals surface area contributed by atoms with Gasteiger partial charge in [-0.25, -0.2) is 0 Å². The first-order valence-electron chi connectivity index (χ1n) is 7.48. The van der Waals surface area contributed by atoms with Crippen LogP contribution in [0.5, 0.6) is 0 Å². The number of hydrogen-bond donors (Lipinski definition) is 2. The summed E-state index contributed by atoms with van der Waals surface area (Å²) in [7, 11) is 0. The van der Waals surface area contributed by atoms with Crippen molar-refractivity contribution < 1.29 is 4.79 Å². The molecule has 102 valence electrons. The number of carbonyl (C=O) groups is 1. The Morgan fingerprint density at radius 3 is 2.84 bits per heavy atom. The predicted octanol–water partition coefficient (Wildman–Crippen LogP) is 3.56. The molecule has 0 atom stereocenters. The third kappa shape index (κ3) is 3.09. The Balaban J connectivity index is 1.60. The van der Waals surface area contributed by atoms with E-state index in [1.165, 1.54) is 43.4 Å². The van der Waals surface area contributed by atoms with Gasteiger partial charge in [-0.1, -0.05) is 19.3 Å². The van der Waals surface area contributed by atoms with E-state index in [-0.39, 0.29) is 5.91 Å². The topological polar surface area (TPSA) is 41.1 Å². The molecule has 1 aromatic rings. The molecule has 2 aliphatic rings. The lowest BCUT2D eigenvalue weighted by Crippen LogP contribution is -2.20. The molecule has 0 spiro atoms. The minimum absolute atomic E-state index is 0.135. The van der Waals surface area contributed by atoms with Crippen molar-refractivity contribution in [3.05, 3.63) is 23.8 Å². The highest BCUT2D eigenvalue weighted by Crippen LogP contribution is 2.27. The van der Waals surface area contributed by atoms with Gasteiger partial charge in [0, 0.05) is 24.3 Å². The monoisotopic (exact) mass is 258 g/mol. The molecule has 0 unspecified atom stereocenters. The largest absolute Gasteiger partial charge is 0.385 e. The number of hydrogen-bond acceptors (Lipinski definition) is 2. The van der Waals surface area contributed by atoms with E-state index in [0.29, 0.717) is 6.42 Å². The fraction of sp³-hybridized carbons (Fsp3) is 0.562. The number of benzene rings is 1. The minimum Gasteiger partial charge on any atom is -0.385 e. The van der Waals surface area contributed by atoms with Crippen molar-refractivity contribution in [2.75, 3.05) is 17.2 Å². The maximum Gasteiger partial charge on any atom is 0.224 e. The summed E-state index contributed by atoms with van der Waals surface area (Å²) < 4.78 is 0. The second kappa shape index (κ2) is 5.64. The summed E-state index contributed by atoms with van der Waals surface area (Å²) in [4.78, 5) is 11.3. The smallest absolute Gasteiger partial charge is 0.224 e. The maximum absolute atomic E-state index is 11.3. The summed E-state index contributed by atoms with van der Waals surface area (Å²) in [5.41, 5.74) is 3.44. The number of amides is 1. The molecule has 1 heterocycles. The Kier molecular flexibility index (Phi) is 3.72.